The van der Waals surface area contributed by atoms with Gasteiger partial charge in [-0.1, -0.05) is 18.2 Å². The summed E-state index contributed by atoms with van der Waals surface area (Å²) in [4.78, 5) is 16.9. The van der Waals surface area contributed by atoms with Crippen molar-refractivity contribution in [2.24, 2.45) is 7.05 Å². The van der Waals surface area contributed by atoms with Gasteiger partial charge < -0.3 is 9.47 Å². The Kier molecular flexibility index (Phi) is 5.79. The summed E-state index contributed by atoms with van der Waals surface area (Å²) in [7, 11) is 1.56. The van der Waals surface area contributed by atoms with Gasteiger partial charge in [-0.25, -0.2) is 9.78 Å². The molecule has 0 fully saturated rings. The molecule has 2 aromatic heterocycles. The summed E-state index contributed by atoms with van der Waals surface area (Å²) in [5.41, 5.74) is 3.92. The molecular formula is C23H23N5O3. The van der Waals surface area contributed by atoms with Gasteiger partial charge in [0.2, 0.25) is 5.88 Å². The fraction of sp³-hybridized carbons (Fsp3) is 0.217. The Hall–Kier alpha value is -3.94. The van der Waals surface area contributed by atoms with Crippen molar-refractivity contribution < 1.29 is 9.47 Å². The van der Waals surface area contributed by atoms with Crippen molar-refractivity contribution in [3.63, 3.8) is 0 Å². The number of nitrogens with zero attached hydrogens (tertiary/aromatic N) is 5. The van der Waals surface area contributed by atoms with Crippen LogP contribution in [-0.2, 0) is 13.7 Å². The van der Waals surface area contributed by atoms with Crippen LogP contribution in [0.15, 0.2) is 65.5 Å². The smallest absolute Gasteiger partial charge is 0.368 e. The zero-order valence-corrected chi connectivity index (χ0v) is 17.6. The molecule has 0 amide bonds. The Balaban J connectivity index is 1.57. The first kappa shape index (κ1) is 20.3. The highest BCUT2D eigenvalue weighted by Gasteiger charge is 2.14. The molecule has 8 nitrogen and oxygen atoms in total. The Morgan fingerprint density at radius 1 is 0.935 bits per heavy atom. The highest BCUT2D eigenvalue weighted by molar-refractivity contribution is 5.60. The molecule has 4 aromatic rings. The van der Waals surface area contributed by atoms with Crippen LogP contribution in [0.2, 0.25) is 0 Å². The van der Waals surface area contributed by atoms with Gasteiger partial charge in [-0.2, -0.15) is 9.36 Å². The molecule has 0 aliphatic heterocycles. The Morgan fingerprint density at radius 3 is 2.42 bits per heavy atom. The van der Waals surface area contributed by atoms with E-state index >= 15 is 0 Å². The van der Waals surface area contributed by atoms with Crippen molar-refractivity contribution in [3.8, 4) is 28.6 Å². The molecule has 4 rings (SSSR count). The van der Waals surface area contributed by atoms with Crippen LogP contribution >= 0.6 is 0 Å². The van der Waals surface area contributed by atoms with E-state index in [0.717, 1.165) is 28.1 Å². The Labute approximate surface area is 179 Å². The Morgan fingerprint density at radius 2 is 1.71 bits per heavy atom. The van der Waals surface area contributed by atoms with Gasteiger partial charge in [0.1, 0.15) is 12.4 Å². The quantitative estimate of drug-likeness (QED) is 0.459. The second-order valence-corrected chi connectivity index (χ2v) is 6.98. The summed E-state index contributed by atoms with van der Waals surface area (Å²) >= 11 is 0. The van der Waals surface area contributed by atoms with E-state index in [-0.39, 0.29) is 12.3 Å². The van der Waals surface area contributed by atoms with E-state index in [0.29, 0.717) is 18.2 Å². The lowest BCUT2D eigenvalue weighted by Gasteiger charge is -2.13. The molecule has 0 aliphatic rings. The second kappa shape index (κ2) is 8.83. The Bertz CT molecular complexity index is 1240. The number of hydrogen-bond donors (Lipinski definition) is 0. The maximum atomic E-state index is 12.3. The van der Waals surface area contributed by atoms with Gasteiger partial charge in [-0.15, -0.1) is 0 Å². The van der Waals surface area contributed by atoms with Gasteiger partial charge in [0.25, 0.3) is 0 Å². The van der Waals surface area contributed by atoms with Gasteiger partial charge >= 0.3 is 5.69 Å². The maximum absolute atomic E-state index is 12.3. The average molecular weight is 417 g/mol. The highest BCUT2D eigenvalue weighted by atomic mass is 16.5. The highest BCUT2D eigenvalue weighted by Crippen LogP contribution is 2.24. The molecule has 0 unspecified atom stereocenters. The minimum absolute atomic E-state index is 0.241. The van der Waals surface area contributed by atoms with Crippen LogP contribution in [0.4, 0.5) is 0 Å². The number of benzene rings is 2. The van der Waals surface area contributed by atoms with Crippen molar-refractivity contribution in [2.45, 2.75) is 20.5 Å². The number of aromatic nitrogens is 5. The van der Waals surface area contributed by atoms with E-state index in [1.165, 1.54) is 9.36 Å². The number of tetrazole rings is 1. The van der Waals surface area contributed by atoms with Crippen molar-refractivity contribution in [1.82, 2.24) is 24.8 Å². The lowest BCUT2D eigenvalue weighted by molar-refractivity contribution is 0.293. The minimum Gasteiger partial charge on any atom is -0.494 e. The molecule has 0 N–H and O–H groups in total. The lowest BCUT2D eigenvalue weighted by atomic mass is 10.1. The van der Waals surface area contributed by atoms with Gasteiger partial charge in [0.15, 0.2) is 0 Å². The third kappa shape index (κ3) is 4.32. The summed E-state index contributed by atoms with van der Waals surface area (Å²) in [6.45, 7) is 4.79. The van der Waals surface area contributed by atoms with Crippen LogP contribution in [0, 0.1) is 6.92 Å². The largest absolute Gasteiger partial charge is 0.494 e. The van der Waals surface area contributed by atoms with Gasteiger partial charge in [-0.05, 0) is 66.2 Å². The predicted molar refractivity (Wildman–Crippen MR) is 117 cm³/mol. The second-order valence-electron chi connectivity index (χ2n) is 6.98. The third-order valence-electron chi connectivity index (χ3n) is 4.88. The third-order valence-corrected chi connectivity index (χ3v) is 4.88. The van der Waals surface area contributed by atoms with Crippen LogP contribution < -0.4 is 15.2 Å². The van der Waals surface area contributed by atoms with Crippen LogP contribution in [0.1, 0.15) is 18.1 Å². The molecule has 31 heavy (non-hydrogen) atoms. The van der Waals surface area contributed by atoms with Gasteiger partial charge in [0, 0.05) is 24.2 Å². The molecule has 0 bridgehead atoms. The topological polar surface area (TPSA) is 84.1 Å². The number of ether oxygens (including phenoxy) is 2. The number of hydrogen-bond acceptors (Lipinski definition) is 6. The summed E-state index contributed by atoms with van der Waals surface area (Å²) in [6.07, 6.45) is 0. The van der Waals surface area contributed by atoms with Crippen LogP contribution in [0.3, 0.4) is 0 Å². The van der Waals surface area contributed by atoms with E-state index in [1.54, 1.807) is 7.05 Å². The van der Waals surface area contributed by atoms with Crippen LogP contribution in [-0.4, -0.2) is 31.4 Å². The van der Waals surface area contributed by atoms with Crippen molar-refractivity contribution in [1.29, 1.82) is 0 Å². The monoisotopic (exact) mass is 417 g/mol. The number of pyridine rings is 1. The molecular weight excluding hydrogens is 394 g/mol. The molecule has 2 heterocycles. The zero-order chi connectivity index (χ0) is 21.8. The fourth-order valence-corrected chi connectivity index (χ4v) is 3.23. The molecule has 0 spiro atoms. The van der Waals surface area contributed by atoms with E-state index in [9.17, 15) is 4.79 Å². The number of aryl methyl sites for hydroxylation is 2. The van der Waals surface area contributed by atoms with E-state index in [1.807, 2.05) is 74.5 Å². The molecule has 158 valence electrons. The summed E-state index contributed by atoms with van der Waals surface area (Å²) in [5, 5.41) is 7.75. The zero-order valence-electron chi connectivity index (χ0n) is 17.6. The molecule has 8 heteroatoms. The molecule has 0 saturated heterocycles. The fourth-order valence-electron chi connectivity index (χ4n) is 3.23. The number of rotatable bonds is 7. The van der Waals surface area contributed by atoms with Crippen LogP contribution in [0.25, 0.3) is 16.9 Å². The molecule has 0 aliphatic carbocycles. The summed E-state index contributed by atoms with van der Waals surface area (Å²) in [6, 6.07) is 19.1. The van der Waals surface area contributed by atoms with Crippen LogP contribution in [0.5, 0.6) is 11.6 Å². The van der Waals surface area contributed by atoms with Crippen molar-refractivity contribution >= 4 is 0 Å². The van der Waals surface area contributed by atoms with Crippen molar-refractivity contribution in [3.05, 3.63) is 82.3 Å². The standard InChI is InChI=1S/C23H23N5O3/c1-4-30-18-13-11-17(12-14-18)20-8-6-10-22(24-20)31-15-19-16(2)7-5-9-21(19)28-23(29)27(3)25-26-28/h5-14H,4,15H2,1-3H3. The van der Waals surface area contributed by atoms with E-state index in [4.69, 9.17) is 9.47 Å². The molecule has 0 saturated carbocycles. The minimum atomic E-state index is -0.317. The maximum Gasteiger partial charge on any atom is 0.368 e. The van der Waals surface area contributed by atoms with Gasteiger partial charge in [0.05, 0.1) is 18.0 Å². The van der Waals surface area contributed by atoms with Gasteiger partial charge in [-0.3, -0.25) is 0 Å². The van der Waals surface area contributed by atoms with Crippen molar-refractivity contribution in [2.75, 3.05) is 6.61 Å². The van der Waals surface area contributed by atoms with E-state index in [2.05, 4.69) is 15.4 Å². The summed E-state index contributed by atoms with van der Waals surface area (Å²) in [5.74, 6) is 1.32. The lowest BCUT2D eigenvalue weighted by Crippen LogP contribution is -2.23. The molecule has 2 aromatic carbocycles. The SMILES string of the molecule is CCOc1ccc(-c2cccc(OCc3c(C)cccc3-n3nnn(C)c3=O)n2)cc1. The first-order chi connectivity index (χ1) is 15.1. The van der Waals surface area contributed by atoms with E-state index < -0.39 is 0 Å². The molecule has 0 radical (unpaired) electrons. The molecule has 0 atom stereocenters. The first-order valence-corrected chi connectivity index (χ1v) is 9.98. The first-order valence-electron chi connectivity index (χ1n) is 9.98. The average Bonchev–Trinajstić information content (AvgIpc) is 3.12. The normalized spacial score (nSPS) is 10.8. The summed E-state index contributed by atoms with van der Waals surface area (Å²) < 4.78 is 14.0. The predicted octanol–water partition coefficient (Wildman–Crippen LogP) is 3.31.